The minimum Gasteiger partial charge on any atom is -0.496 e. The summed E-state index contributed by atoms with van der Waals surface area (Å²) < 4.78 is 5.42. The van der Waals surface area contributed by atoms with Crippen LogP contribution < -0.4 is 10.3 Å². The highest BCUT2D eigenvalue weighted by molar-refractivity contribution is 5.53. The molecule has 0 amide bonds. The molecule has 6 nitrogen and oxygen atoms in total. The van der Waals surface area contributed by atoms with Gasteiger partial charge in [-0.25, -0.2) is 4.98 Å². The Kier molecular flexibility index (Phi) is 4.96. The molecule has 0 bridgehead atoms. The highest BCUT2D eigenvalue weighted by Gasteiger charge is 2.22. The van der Waals surface area contributed by atoms with Gasteiger partial charge in [-0.05, 0) is 55.2 Å². The van der Waals surface area contributed by atoms with Crippen LogP contribution in [0.4, 0.5) is 0 Å². The van der Waals surface area contributed by atoms with Crippen molar-refractivity contribution in [1.29, 1.82) is 0 Å². The van der Waals surface area contributed by atoms with Gasteiger partial charge in [-0.2, -0.15) is 0 Å². The number of fused-ring (bicyclic) bond motifs is 1. The van der Waals surface area contributed by atoms with Crippen LogP contribution in [-0.2, 0) is 19.5 Å². The zero-order valence-corrected chi connectivity index (χ0v) is 16.5. The average Bonchev–Trinajstić information content (AvgIpc) is 2.72. The van der Waals surface area contributed by atoms with Gasteiger partial charge in [0.05, 0.1) is 12.8 Å². The molecule has 28 heavy (non-hydrogen) atoms. The lowest BCUT2D eigenvalue weighted by Crippen LogP contribution is -2.35. The molecule has 0 aliphatic carbocycles. The summed E-state index contributed by atoms with van der Waals surface area (Å²) in [5.74, 6) is 1.50. The number of benzene rings is 1. The van der Waals surface area contributed by atoms with E-state index in [9.17, 15) is 4.79 Å². The fraction of sp³-hybridized carbons (Fsp3) is 0.318. The average molecular weight is 376 g/mol. The molecule has 4 rings (SSSR count). The molecule has 3 heterocycles. The molecule has 0 saturated carbocycles. The van der Waals surface area contributed by atoms with Crippen molar-refractivity contribution >= 4 is 0 Å². The van der Waals surface area contributed by atoms with E-state index in [0.29, 0.717) is 18.8 Å². The first-order chi connectivity index (χ1) is 13.6. The number of hydrogen-bond acceptors (Lipinski definition) is 5. The minimum absolute atomic E-state index is 0.0417. The summed E-state index contributed by atoms with van der Waals surface area (Å²) in [5.41, 5.74) is 6.13. The summed E-state index contributed by atoms with van der Waals surface area (Å²) in [6.45, 7) is 6.55. The maximum absolute atomic E-state index is 12.5. The lowest BCUT2D eigenvalue weighted by molar-refractivity contribution is 0.240. The summed E-state index contributed by atoms with van der Waals surface area (Å²) >= 11 is 0. The first-order valence-electron chi connectivity index (χ1n) is 9.44. The lowest BCUT2D eigenvalue weighted by atomic mass is 10.00. The van der Waals surface area contributed by atoms with Gasteiger partial charge in [-0.15, -0.1) is 0 Å². The van der Waals surface area contributed by atoms with Gasteiger partial charge >= 0.3 is 0 Å². The number of rotatable bonds is 4. The van der Waals surface area contributed by atoms with E-state index in [1.807, 2.05) is 18.2 Å². The second-order valence-corrected chi connectivity index (χ2v) is 7.22. The normalized spacial score (nSPS) is 14.0. The van der Waals surface area contributed by atoms with Crippen molar-refractivity contribution in [2.24, 2.45) is 0 Å². The zero-order valence-electron chi connectivity index (χ0n) is 16.5. The van der Waals surface area contributed by atoms with E-state index < -0.39 is 0 Å². The predicted molar refractivity (Wildman–Crippen MR) is 108 cm³/mol. The molecule has 0 atom stereocenters. The Morgan fingerprint density at radius 1 is 1.21 bits per heavy atom. The van der Waals surface area contributed by atoms with Gasteiger partial charge in [0, 0.05) is 43.2 Å². The van der Waals surface area contributed by atoms with E-state index in [1.165, 1.54) is 16.7 Å². The molecule has 144 valence electrons. The maximum atomic E-state index is 12.5. The minimum atomic E-state index is -0.0417. The van der Waals surface area contributed by atoms with Crippen LogP contribution in [0.2, 0.25) is 0 Å². The Labute approximate surface area is 164 Å². The molecule has 1 aliphatic rings. The van der Waals surface area contributed by atoms with E-state index in [2.05, 4.69) is 34.8 Å². The van der Waals surface area contributed by atoms with Gasteiger partial charge < -0.3 is 9.72 Å². The van der Waals surface area contributed by atoms with Crippen molar-refractivity contribution in [3.05, 3.63) is 75.0 Å². The Bertz CT molecular complexity index is 1060. The number of H-pyrrole nitrogens is 1. The molecule has 0 radical (unpaired) electrons. The molecule has 1 aliphatic heterocycles. The van der Waals surface area contributed by atoms with Crippen LogP contribution in [0.5, 0.6) is 5.75 Å². The van der Waals surface area contributed by atoms with Crippen molar-refractivity contribution in [3.8, 4) is 17.1 Å². The summed E-state index contributed by atoms with van der Waals surface area (Å²) in [7, 11) is 1.70. The topological polar surface area (TPSA) is 71.1 Å². The van der Waals surface area contributed by atoms with Crippen molar-refractivity contribution < 1.29 is 4.74 Å². The molecule has 0 unspecified atom stereocenters. The largest absolute Gasteiger partial charge is 0.496 e. The van der Waals surface area contributed by atoms with Gasteiger partial charge in [0.1, 0.15) is 11.6 Å². The van der Waals surface area contributed by atoms with Crippen molar-refractivity contribution in [2.75, 3.05) is 13.7 Å². The van der Waals surface area contributed by atoms with E-state index in [4.69, 9.17) is 9.72 Å². The van der Waals surface area contributed by atoms with Crippen molar-refractivity contribution in [1.82, 2.24) is 19.9 Å². The number of aromatic amines is 1. The Hall–Kier alpha value is -2.99. The first kappa shape index (κ1) is 18.4. The van der Waals surface area contributed by atoms with Crippen LogP contribution in [-0.4, -0.2) is 33.5 Å². The lowest BCUT2D eigenvalue weighted by Gasteiger charge is -2.28. The molecule has 0 fully saturated rings. The first-order valence-corrected chi connectivity index (χ1v) is 9.44. The quantitative estimate of drug-likeness (QED) is 0.758. The number of hydrogen-bond donors (Lipinski definition) is 1. The summed E-state index contributed by atoms with van der Waals surface area (Å²) in [6.07, 6.45) is 4.13. The molecule has 1 aromatic carbocycles. The molecule has 6 heteroatoms. The third-order valence-corrected chi connectivity index (χ3v) is 5.55. The maximum Gasteiger partial charge on any atom is 0.254 e. The van der Waals surface area contributed by atoms with E-state index >= 15 is 0 Å². The summed E-state index contributed by atoms with van der Waals surface area (Å²) in [4.78, 5) is 26.7. The highest BCUT2D eigenvalue weighted by atomic mass is 16.5. The third kappa shape index (κ3) is 3.43. The molecule has 0 spiro atoms. The highest BCUT2D eigenvalue weighted by Crippen LogP contribution is 2.26. The van der Waals surface area contributed by atoms with Crippen LogP contribution in [0.1, 0.15) is 27.9 Å². The number of nitrogens with one attached hydrogen (secondary N) is 1. The number of methoxy groups -OCH3 is 1. The predicted octanol–water partition coefficient (Wildman–Crippen LogP) is 3.02. The monoisotopic (exact) mass is 376 g/mol. The number of ether oxygens (including phenoxy) is 1. The van der Waals surface area contributed by atoms with E-state index in [-0.39, 0.29) is 5.56 Å². The molecular weight excluding hydrogens is 352 g/mol. The Morgan fingerprint density at radius 3 is 2.82 bits per heavy atom. The van der Waals surface area contributed by atoms with Gasteiger partial charge in [-0.3, -0.25) is 14.7 Å². The second-order valence-electron chi connectivity index (χ2n) is 7.22. The van der Waals surface area contributed by atoms with Gasteiger partial charge in [-0.1, -0.05) is 6.07 Å². The van der Waals surface area contributed by atoms with Crippen LogP contribution in [0.25, 0.3) is 11.4 Å². The smallest absolute Gasteiger partial charge is 0.254 e. The van der Waals surface area contributed by atoms with Crippen LogP contribution in [0.3, 0.4) is 0 Å². The number of aromatic nitrogens is 3. The molecule has 2 aromatic heterocycles. The van der Waals surface area contributed by atoms with Crippen LogP contribution in [0, 0.1) is 13.8 Å². The number of nitrogens with zero attached hydrogens (tertiary/aromatic N) is 3. The molecule has 1 N–H and O–H groups in total. The fourth-order valence-electron chi connectivity index (χ4n) is 3.75. The van der Waals surface area contributed by atoms with Crippen molar-refractivity contribution in [3.63, 3.8) is 0 Å². The third-order valence-electron chi connectivity index (χ3n) is 5.55. The van der Waals surface area contributed by atoms with Crippen molar-refractivity contribution in [2.45, 2.75) is 33.4 Å². The second kappa shape index (κ2) is 7.56. The standard InChI is InChI=1S/C22H24N4O2/c1-14-15(2)20(28-3)7-6-17(14)12-26-10-8-18-19(13-26)24-21(25-22(18)27)16-5-4-9-23-11-16/h4-7,9,11H,8,10,12-13H2,1-3H3,(H,24,25,27). The van der Waals surface area contributed by atoms with Gasteiger partial charge in [0.15, 0.2) is 0 Å². The molecule has 0 saturated heterocycles. The van der Waals surface area contributed by atoms with E-state index in [0.717, 1.165) is 35.7 Å². The Balaban J connectivity index is 1.60. The Morgan fingerprint density at radius 2 is 2.07 bits per heavy atom. The van der Waals surface area contributed by atoms with Crippen LogP contribution >= 0.6 is 0 Å². The number of pyridine rings is 1. The summed E-state index contributed by atoms with van der Waals surface area (Å²) in [5, 5.41) is 0. The molecular formula is C22H24N4O2. The fourth-order valence-corrected chi connectivity index (χ4v) is 3.75. The van der Waals surface area contributed by atoms with Gasteiger partial charge in [0.25, 0.3) is 5.56 Å². The van der Waals surface area contributed by atoms with Gasteiger partial charge in [0.2, 0.25) is 0 Å². The zero-order chi connectivity index (χ0) is 19.7. The van der Waals surface area contributed by atoms with Crippen LogP contribution in [0.15, 0.2) is 41.5 Å². The van der Waals surface area contributed by atoms with E-state index in [1.54, 1.807) is 19.5 Å². The SMILES string of the molecule is COc1ccc(CN2CCc3c(nc(-c4cccnc4)[nH]c3=O)C2)c(C)c1C. The summed E-state index contributed by atoms with van der Waals surface area (Å²) in [6, 6.07) is 7.90. The molecule has 3 aromatic rings.